The van der Waals surface area contributed by atoms with Crippen LogP contribution in [0.2, 0.25) is 0 Å². The van der Waals surface area contributed by atoms with Gasteiger partial charge in [0.05, 0.1) is 12.1 Å². The number of fused-ring (bicyclic) bond motifs is 1. The van der Waals surface area contributed by atoms with E-state index in [4.69, 9.17) is 0 Å². The van der Waals surface area contributed by atoms with Crippen LogP contribution in [0.15, 0.2) is 60.8 Å². The lowest BCUT2D eigenvalue weighted by molar-refractivity contribution is 0.0593. The van der Waals surface area contributed by atoms with E-state index in [1.165, 1.54) is 12.1 Å². The molecule has 142 valence electrons. The van der Waals surface area contributed by atoms with Gasteiger partial charge in [-0.2, -0.15) is 0 Å². The number of β-amino-alcohol motifs (C(OH)–C–C–N with tert-alkyl or cyclic N) is 1. The molecule has 0 aliphatic carbocycles. The number of para-hydroxylation sites is 1. The van der Waals surface area contributed by atoms with Crippen LogP contribution >= 0.6 is 0 Å². The number of aliphatic hydroxyl groups excluding tert-OH is 1. The van der Waals surface area contributed by atoms with E-state index < -0.39 is 6.10 Å². The van der Waals surface area contributed by atoms with Crippen LogP contribution in [0.4, 0.5) is 4.39 Å². The number of hydrogen-bond donors (Lipinski definition) is 1. The number of aliphatic hydroxyl groups is 1. The number of halogens is 1. The fourth-order valence-corrected chi connectivity index (χ4v) is 4.00. The van der Waals surface area contributed by atoms with Crippen molar-refractivity contribution in [3.63, 3.8) is 0 Å². The molecule has 0 radical (unpaired) electrons. The van der Waals surface area contributed by atoms with Gasteiger partial charge in [0.1, 0.15) is 5.82 Å². The molecule has 1 aliphatic heterocycles. The van der Waals surface area contributed by atoms with Gasteiger partial charge in [0, 0.05) is 44.4 Å². The standard InChI is InChI=1S/C22H26FN3O/c1-24-11-13-25(14-12-24)16-21(27)22(18-6-4-7-19(23)15-18)26-10-9-17-5-2-3-8-20(17)26/h2-10,15,21-22,27H,11-14,16H2,1H3. The van der Waals surface area contributed by atoms with Crippen molar-refractivity contribution in [1.82, 2.24) is 14.4 Å². The highest BCUT2D eigenvalue weighted by Crippen LogP contribution is 2.29. The van der Waals surface area contributed by atoms with E-state index in [1.54, 1.807) is 6.07 Å². The van der Waals surface area contributed by atoms with Gasteiger partial charge in [-0.05, 0) is 42.3 Å². The average molecular weight is 367 g/mol. The minimum absolute atomic E-state index is 0.277. The Kier molecular flexibility index (Phi) is 5.25. The van der Waals surface area contributed by atoms with E-state index in [2.05, 4.69) is 27.5 Å². The molecule has 2 heterocycles. The van der Waals surface area contributed by atoms with Crippen molar-refractivity contribution in [2.24, 2.45) is 0 Å². The number of benzene rings is 2. The molecule has 5 heteroatoms. The van der Waals surface area contributed by atoms with Crippen LogP contribution in [-0.4, -0.2) is 65.3 Å². The Balaban J connectivity index is 1.68. The summed E-state index contributed by atoms with van der Waals surface area (Å²) in [4.78, 5) is 4.59. The predicted molar refractivity (Wildman–Crippen MR) is 106 cm³/mol. The Labute approximate surface area is 159 Å². The van der Waals surface area contributed by atoms with E-state index in [-0.39, 0.29) is 11.9 Å². The molecule has 1 N–H and O–H groups in total. The highest BCUT2D eigenvalue weighted by atomic mass is 19.1. The topological polar surface area (TPSA) is 31.6 Å². The first-order chi connectivity index (χ1) is 13.1. The fourth-order valence-electron chi connectivity index (χ4n) is 4.00. The van der Waals surface area contributed by atoms with Crippen LogP contribution in [0.1, 0.15) is 11.6 Å². The van der Waals surface area contributed by atoms with Crippen LogP contribution in [0.3, 0.4) is 0 Å². The summed E-state index contributed by atoms with van der Waals surface area (Å²) in [6.45, 7) is 4.46. The summed E-state index contributed by atoms with van der Waals surface area (Å²) in [7, 11) is 2.12. The maximum atomic E-state index is 13.9. The molecule has 2 aromatic carbocycles. The monoisotopic (exact) mass is 367 g/mol. The lowest BCUT2D eigenvalue weighted by atomic mass is 9.99. The summed E-state index contributed by atoms with van der Waals surface area (Å²) in [5.41, 5.74) is 1.84. The van der Waals surface area contributed by atoms with Crippen LogP contribution in [0.5, 0.6) is 0 Å². The third-order valence-electron chi connectivity index (χ3n) is 5.53. The molecule has 0 saturated carbocycles. The summed E-state index contributed by atoms with van der Waals surface area (Å²) in [5, 5.41) is 12.3. The molecule has 0 amide bonds. The van der Waals surface area contributed by atoms with E-state index in [0.717, 1.165) is 42.6 Å². The second-order valence-electron chi connectivity index (χ2n) is 7.45. The number of aromatic nitrogens is 1. The Bertz CT molecular complexity index is 901. The lowest BCUT2D eigenvalue weighted by Crippen LogP contribution is -2.48. The molecule has 3 aromatic rings. The van der Waals surface area contributed by atoms with Gasteiger partial charge >= 0.3 is 0 Å². The van der Waals surface area contributed by atoms with Crippen LogP contribution in [-0.2, 0) is 0 Å². The molecule has 0 bridgehead atoms. The quantitative estimate of drug-likeness (QED) is 0.752. The summed E-state index contributed by atoms with van der Waals surface area (Å²) in [5.74, 6) is -0.277. The minimum atomic E-state index is -0.633. The van der Waals surface area contributed by atoms with Gasteiger partial charge in [-0.3, -0.25) is 4.90 Å². The van der Waals surface area contributed by atoms with Gasteiger partial charge in [-0.15, -0.1) is 0 Å². The van der Waals surface area contributed by atoms with Gasteiger partial charge in [-0.1, -0.05) is 30.3 Å². The van der Waals surface area contributed by atoms with Crippen molar-refractivity contribution >= 4 is 10.9 Å². The van der Waals surface area contributed by atoms with Crippen molar-refractivity contribution in [2.45, 2.75) is 12.1 Å². The van der Waals surface area contributed by atoms with Crippen molar-refractivity contribution < 1.29 is 9.50 Å². The lowest BCUT2D eigenvalue weighted by Gasteiger charge is -2.36. The fraction of sp³-hybridized carbons (Fsp3) is 0.364. The summed E-state index contributed by atoms with van der Waals surface area (Å²) in [6.07, 6.45) is 1.36. The molecule has 1 fully saturated rings. The van der Waals surface area contributed by atoms with Gasteiger partial charge in [0.2, 0.25) is 0 Å². The number of likely N-dealkylation sites (N-methyl/N-ethyl adjacent to an activating group) is 1. The zero-order valence-corrected chi connectivity index (χ0v) is 15.6. The van der Waals surface area contributed by atoms with Gasteiger partial charge in [0.15, 0.2) is 0 Å². The van der Waals surface area contributed by atoms with E-state index in [1.807, 2.05) is 36.5 Å². The zero-order valence-electron chi connectivity index (χ0n) is 15.6. The number of nitrogens with zero attached hydrogens (tertiary/aromatic N) is 3. The van der Waals surface area contributed by atoms with E-state index >= 15 is 0 Å². The van der Waals surface area contributed by atoms with Crippen molar-refractivity contribution in [3.05, 3.63) is 72.2 Å². The van der Waals surface area contributed by atoms with Crippen molar-refractivity contribution in [2.75, 3.05) is 39.8 Å². The van der Waals surface area contributed by atoms with E-state index in [9.17, 15) is 9.50 Å². The molecule has 4 nitrogen and oxygen atoms in total. The van der Waals surface area contributed by atoms with Gasteiger partial charge in [0.25, 0.3) is 0 Å². The number of hydrogen-bond acceptors (Lipinski definition) is 3. The first-order valence-corrected chi connectivity index (χ1v) is 9.52. The van der Waals surface area contributed by atoms with Crippen LogP contribution in [0.25, 0.3) is 10.9 Å². The third kappa shape index (κ3) is 3.90. The Morgan fingerprint density at radius 1 is 1.00 bits per heavy atom. The SMILES string of the molecule is CN1CCN(CC(O)C(c2cccc(F)c2)n2ccc3ccccc32)CC1. The largest absolute Gasteiger partial charge is 0.389 e. The Morgan fingerprint density at radius 2 is 1.78 bits per heavy atom. The highest BCUT2D eigenvalue weighted by Gasteiger charge is 2.27. The Morgan fingerprint density at radius 3 is 2.56 bits per heavy atom. The molecule has 1 saturated heterocycles. The average Bonchev–Trinajstić information content (AvgIpc) is 3.08. The minimum Gasteiger partial charge on any atom is -0.389 e. The molecule has 0 spiro atoms. The number of piperazine rings is 1. The second kappa shape index (κ2) is 7.80. The highest BCUT2D eigenvalue weighted by molar-refractivity contribution is 5.80. The maximum Gasteiger partial charge on any atom is 0.123 e. The van der Waals surface area contributed by atoms with E-state index in [0.29, 0.717) is 6.54 Å². The molecule has 2 unspecified atom stereocenters. The van der Waals surface area contributed by atoms with Gasteiger partial charge < -0.3 is 14.6 Å². The molecule has 4 rings (SSSR count). The second-order valence-corrected chi connectivity index (χ2v) is 7.45. The molecule has 1 aliphatic rings. The molecular formula is C22H26FN3O. The van der Waals surface area contributed by atoms with Crippen molar-refractivity contribution in [3.8, 4) is 0 Å². The molecule has 27 heavy (non-hydrogen) atoms. The smallest absolute Gasteiger partial charge is 0.123 e. The maximum absolute atomic E-state index is 13.9. The molecule has 1 aromatic heterocycles. The first kappa shape index (κ1) is 18.2. The predicted octanol–water partition coefficient (Wildman–Crippen LogP) is 2.98. The Hall–Kier alpha value is -2.21. The summed E-state index contributed by atoms with van der Waals surface area (Å²) < 4.78 is 16.0. The van der Waals surface area contributed by atoms with Crippen LogP contribution < -0.4 is 0 Å². The normalized spacial score (nSPS) is 18.6. The first-order valence-electron chi connectivity index (χ1n) is 9.52. The molecular weight excluding hydrogens is 341 g/mol. The number of rotatable bonds is 5. The third-order valence-corrected chi connectivity index (χ3v) is 5.53. The van der Waals surface area contributed by atoms with Crippen LogP contribution in [0, 0.1) is 5.82 Å². The summed E-state index contributed by atoms with van der Waals surface area (Å²) >= 11 is 0. The van der Waals surface area contributed by atoms with Gasteiger partial charge in [-0.25, -0.2) is 4.39 Å². The molecule has 2 atom stereocenters. The summed E-state index contributed by atoms with van der Waals surface area (Å²) in [6, 6.07) is 16.4. The zero-order chi connectivity index (χ0) is 18.8. The van der Waals surface area contributed by atoms with Crippen molar-refractivity contribution in [1.29, 1.82) is 0 Å².